The van der Waals surface area contributed by atoms with Crippen molar-refractivity contribution in [2.45, 2.75) is 70.8 Å². The minimum absolute atomic E-state index is 0.181. The van der Waals surface area contributed by atoms with Crippen LogP contribution < -0.4 is 5.73 Å². The minimum Gasteiger partial charge on any atom is -0.341 e. The highest BCUT2D eigenvalue weighted by Crippen LogP contribution is 2.46. The molecule has 0 aromatic carbocycles. The number of hydrogen-bond donors (Lipinski definition) is 1. The average molecular weight is 252 g/mol. The number of nitrogens with two attached hydrogens (primary N) is 1. The Hall–Kier alpha value is -0.570. The quantitative estimate of drug-likeness (QED) is 0.839. The van der Waals surface area contributed by atoms with Crippen molar-refractivity contribution < 1.29 is 4.79 Å². The molecule has 104 valence electrons. The molecule has 0 bridgehead atoms. The number of hydrogen-bond acceptors (Lipinski definition) is 2. The van der Waals surface area contributed by atoms with Crippen LogP contribution in [-0.2, 0) is 4.79 Å². The van der Waals surface area contributed by atoms with Gasteiger partial charge in [0.15, 0.2) is 0 Å². The van der Waals surface area contributed by atoms with Gasteiger partial charge in [-0.2, -0.15) is 0 Å². The van der Waals surface area contributed by atoms with Gasteiger partial charge in [0.2, 0.25) is 5.91 Å². The lowest BCUT2D eigenvalue weighted by Gasteiger charge is -2.42. The molecule has 3 heteroatoms. The molecule has 1 spiro atoms. The highest BCUT2D eigenvalue weighted by Gasteiger charge is 2.41. The molecule has 2 rings (SSSR count). The van der Waals surface area contributed by atoms with Crippen molar-refractivity contribution in [1.29, 1.82) is 0 Å². The van der Waals surface area contributed by atoms with Crippen molar-refractivity contribution in [1.82, 2.24) is 4.90 Å². The lowest BCUT2D eigenvalue weighted by molar-refractivity contribution is -0.139. The Morgan fingerprint density at radius 3 is 2.06 bits per heavy atom. The van der Waals surface area contributed by atoms with Gasteiger partial charge in [0.05, 0.1) is 5.54 Å². The molecule has 0 aromatic rings. The van der Waals surface area contributed by atoms with Crippen LogP contribution in [0.4, 0.5) is 0 Å². The fourth-order valence-corrected chi connectivity index (χ4v) is 3.68. The van der Waals surface area contributed by atoms with Crippen LogP contribution in [-0.4, -0.2) is 29.4 Å². The van der Waals surface area contributed by atoms with Gasteiger partial charge in [-0.25, -0.2) is 0 Å². The second-order valence-corrected chi connectivity index (χ2v) is 6.36. The second kappa shape index (κ2) is 5.20. The van der Waals surface area contributed by atoms with Gasteiger partial charge in [0.1, 0.15) is 0 Å². The van der Waals surface area contributed by atoms with Gasteiger partial charge in [-0.3, -0.25) is 4.79 Å². The molecule has 2 aliphatic rings. The van der Waals surface area contributed by atoms with Gasteiger partial charge < -0.3 is 10.6 Å². The van der Waals surface area contributed by atoms with Gasteiger partial charge in [0, 0.05) is 13.1 Å². The molecule has 1 aliphatic carbocycles. The first kappa shape index (κ1) is 13.9. The third kappa shape index (κ3) is 2.42. The molecular weight excluding hydrogens is 224 g/mol. The number of rotatable bonds is 3. The third-order valence-electron chi connectivity index (χ3n) is 5.46. The molecule has 0 aromatic heterocycles. The van der Waals surface area contributed by atoms with E-state index in [2.05, 4.69) is 0 Å². The van der Waals surface area contributed by atoms with Gasteiger partial charge in [-0.05, 0) is 43.9 Å². The SMILES string of the molecule is CCC(N)(CC)C(=O)N1CCC2(CCCC2)CC1. The predicted octanol–water partition coefficient (Wildman–Crippen LogP) is 2.69. The summed E-state index contributed by atoms with van der Waals surface area (Å²) in [4.78, 5) is 14.5. The molecule has 1 heterocycles. The van der Waals surface area contributed by atoms with E-state index >= 15 is 0 Å². The Morgan fingerprint density at radius 2 is 1.61 bits per heavy atom. The largest absolute Gasteiger partial charge is 0.341 e. The lowest BCUT2D eigenvalue weighted by atomic mass is 9.76. The number of amides is 1. The normalized spacial score (nSPS) is 23.6. The van der Waals surface area contributed by atoms with E-state index in [0.717, 1.165) is 25.9 Å². The van der Waals surface area contributed by atoms with E-state index in [1.807, 2.05) is 18.7 Å². The molecular formula is C15H28N2O. The zero-order valence-electron chi connectivity index (χ0n) is 12.0. The zero-order chi connectivity index (χ0) is 13.2. The summed E-state index contributed by atoms with van der Waals surface area (Å²) in [5, 5.41) is 0. The number of nitrogens with zero attached hydrogens (tertiary/aromatic N) is 1. The van der Waals surface area contributed by atoms with Gasteiger partial charge in [0.25, 0.3) is 0 Å². The Morgan fingerprint density at radius 1 is 1.11 bits per heavy atom. The molecule has 3 nitrogen and oxygen atoms in total. The van der Waals surface area contributed by atoms with Crippen molar-refractivity contribution in [3.63, 3.8) is 0 Å². The van der Waals surface area contributed by atoms with E-state index in [1.165, 1.54) is 38.5 Å². The van der Waals surface area contributed by atoms with Crippen molar-refractivity contribution in [3.8, 4) is 0 Å². The third-order valence-corrected chi connectivity index (χ3v) is 5.46. The van der Waals surface area contributed by atoms with Gasteiger partial charge >= 0.3 is 0 Å². The first-order valence-electron chi connectivity index (χ1n) is 7.63. The standard InChI is InChI=1S/C15H28N2O/c1-3-15(16,4-2)13(18)17-11-9-14(10-12-17)7-5-6-8-14/h3-12,16H2,1-2H3. The van der Waals surface area contributed by atoms with Crippen molar-refractivity contribution in [2.24, 2.45) is 11.1 Å². The van der Waals surface area contributed by atoms with Crippen LogP contribution in [0.5, 0.6) is 0 Å². The Bertz CT molecular complexity index is 294. The maximum Gasteiger partial charge on any atom is 0.242 e. The summed E-state index contributed by atoms with van der Waals surface area (Å²) in [5.74, 6) is 0.181. The number of piperidine rings is 1. The summed E-state index contributed by atoms with van der Waals surface area (Å²) < 4.78 is 0. The van der Waals surface area contributed by atoms with Crippen molar-refractivity contribution >= 4 is 5.91 Å². The molecule has 0 atom stereocenters. The van der Waals surface area contributed by atoms with Crippen molar-refractivity contribution in [2.75, 3.05) is 13.1 Å². The summed E-state index contributed by atoms with van der Waals surface area (Å²) >= 11 is 0. The highest BCUT2D eigenvalue weighted by atomic mass is 16.2. The molecule has 1 saturated carbocycles. The van der Waals surface area contributed by atoms with Crippen LogP contribution in [0.25, 0.3) is 0 Å². The molecule has 1 amide bonds. The van der Waals surface area contributed by atoms with Crippen LogP contribution in [0, 0.1) is 5.41 Å². The lowest BCUT2D eigenvalue weighted by Crippen LogP contribution is -2.56. The molecule has 1 saturated heterocycles. The van der Waals surface area contributed by atoms with E-state index in [0.29, 0.717) is 5.41 Å². The first-order chi connectivity index (χ1) is 8.55. The van der Waals surface area contributed by atoms with Gasteiger partial charge in [-0.1, -0.05) is 26.7 Å². The van der Waals surface area contributed by atoms with Crippen LogP contribution in [0.2, 0.25) is 0 Å². The van der Waals surface area contributed by atoms with Crippen molar-refractivity contribution in [3.05, 3.63) is 0 Å². The minimum atomic E-state index is -0.625. The molecule has 0 radical (unpaired) electrons. The topological polar surface area (TPSA) is 46.3 Å². The summed E-state index contributed by atoms with van der Waals surface area (Å²) in [7, 11) is 0. The second-order valence-electron chi connectivity index (χ2n) is 6.36. The fourth-order valence-electron chi connectivity index (χ4n) is 3.68. The van der Waals surface area contributed by atoms with Crippen LogP contribution in [0.15, 0.2) is 0 Å². The van der Waals surface area contributed by atoms with Crippen LogP contribution in [0.1, 0.15) is 65.2 Å². The van der Waals surface area contributed by atoms with E-state index in [1.54, 1.807) is 0 Å². The Balaban J connectivity index is 1.95. The number of carbonyl (C=O) groups excluding carboxylic acids is 1. The molecule has 18 heavy (non-hydrogen) atoms. The number of carbonyl (C=O) groups is 1. The summed E-state index contributed by atoms with van der Waals surface area (Å²) in [5.41, 5.74) is 6.18. The maximum absolute atomic E-state index is 12.5. The zero-order valence-corrected chi connectivity index (χ0v) is 12.0. The monoisotopic (exact) mass is 252 g/mol. The average Bonchev–Trinajstić information content (AvgIpc) is 2.86. The fraction of sp³-hybridized carbons (Fsp3) is 0.933. The van der Waals surface area contributed by atoms with E-state index < -0.39 is 5.54 Å². The smallest absolute Gasteiger partial charge is 0.242 e. The summed E-state index contributed by atoms with van der Waals surface area (Å²) in [6, 6.07) is 0. The summed E-state index contributed by atoms with van der Waals surface area (Å²) in [6.07, 6.45) is 9.41. The van der Waals surface area contributed by atoms with Crippen LogP contribution >= 0.6 is 0 Å². The van der Waals surface area contributed by atoms with E-state index in [-0.39, 0.29) is 5.91 Å². The molecule has 0 unspecified atom stereocenters. The highest BCUT2D eigenvalue weighted by molar-refractivity contribution is 5.86. The predicted molar refractivity (Wildman–Crippen MR) is 74.2 cm³/mol. The van der Waals surface area contributed by atoms with Gasteiger partial charge in [-0.15, -0.1) is 0 Å². The Labute approximate surface area is 111 Å². The van der Waals surface area contributed by atoms with Crippen LogP contribution in [0.3, 0.4) is 0 Å². The molecule has 1 aliphatic heterocycles. The Kier molecular flexibility index (Phi) is 4.00. The molecule has 2 N–H and O–H groups in total. The first-order valence-corrected chi connectivity index (χ1v) is 7.63. The molecule has 2 fully saturated rings. The number of likely N-dealkylation sites (tertiary alicyclic amines) is 1. The van der Waals surface area contributed by atoms with E-state index in [4.69, 9.17) is 5.73 Å². The van der Waals surface area contributed by atoms with E-state index in [9.17, 15) is 4.79 Å². The maximum atomic E-state index is 12.5. The summed E-state index contributed by atoms with van der Waals surface area (Å²) in [6.45, 7) is 5.89.